The van der Waals surface area contributed by atoms with Gasteiger partial charge in [0.15, 0.2) is 0 Å². The second-order valence-corrected chi connectivity index (χ2v) is 9.87. The van der Waals surface area contributed by atoms with Gasteiger partial charge in [-0.25, -0.2) is 0 Å². The fraction of sp³-hybridized carbons (Fsp3) is 0.692. The number of likely N-dealkylation sites (N-methyl/N-ethyl adjacent to an activating group) is 2. The van der Waals surface area contributed by atoms with Gasteiger partial charge in [0, 0.05) is 65.4 Å². The Labute approximate surface area is 205 Å². The minimum Gasteiger partial charge on any atom is -0.356 e. The first-order chi connectivity index (χ1) is 16.5. The number of nitrogens with one attached hydrogen (secondary N) is 2. The Morgan fingerprint density at radius 2 is 1.00 bits per heavy atom. The van der Waals surface area contributed by atoms with Gasteiger partial charge in [0.1, 0.15) is 0 Å². The Morgan fingerprint density at radius 1 is 0.647 bits per heavy atom. The van der Waals surface area contributed by atoms with Crippen LogP contribution in [0.3, 0.4) is 0 Å². The van der Waals surface area contributed by atoms with E-state index in [1.54, 1.807) is 0 Å². The summed E-state index contributed by atoms with van der Waals surface area (Å²) in [5.41, 5.74) is 1.96. The van der Waals surface area contributed by atoms with Gasteiger partial charge in [-0.2, -0.15) is 0 Å². The van der Waals surface area contributed by atoms with Gasteiger partial charge in [-0.1, -0.05) is 24.3 Å². The first-order valence-corrected chi connectivity index (χ1v) is 12.9. The lowest BCUT2D eigenvalue weighted by Crippen LogP contribution is -2.45. The molecule has 2 N–H and O–H groups in total. The van der Waals surface area contributed by atoms with Crippen molar-refractivity contribution in [1.29, 1.82) is 0 Å². The summed E-state index contributed by atoms with van der Waals surface area (Å²) < 4.78 is 0. The van der Waals surface area contributed by atoms with Crippen LogP contribution >= 0.6 is 0 Å². The first-order valence-electron chi connectivity index (χ1n) is 12.9. The van der Waals surface area contributed by atoms with Crippen LogP contribution in [-0.2, 0) is 22.4 Å². The summed E-state index contributed by atoms with van der Waals surface area (Å²) in [6, 6.07) is 7.83. The third-order valence-electron chi connectivity index (χ3n) is 6.89. The average Bonchev–Trinajstić information content (AvgIpc) is 2.83. The molecule has 2 fully saturated rings. The van der Waals surface area contributed by atoms with Crippen LogP contribution in [0.2, 0.25) is 0 Å². The van der Waals surface area contributed by atoms with Gasteiger partial charge in [-0.05, 0) is 51.2 Å². The first kappa shape index (κ1) is 26.6. The molecule has 2 amide bonds. The van der Waals surface area contributed by atoms with Crippen LogP contribution in [0.25, 0.3) is 0 Å². The van der Waals surface area contributed by atoms with Crippen LogP contribution in [-0.4, -0.2) is 124 Å². The van der Waals surface area contributed by atoms with E-state index in [0.717, 1.165) is 103 Å². The molecule has 8 nitrogen and oxygen atoms in total. The quantitative estimate of drug-likeness (QED) is 0.426. The normalized spacial score (nSPS) is 18.6. The molecule has 2 saturated heterocycles. The predicted molar refractivity (Wildman–Crippen MR) is 137 cm³/mol. The molecule has 8 heteroatoms. The highest BCUT2D eigenvalue weighted by atomic mass is 16.2. The van der Waals surface area contributed by atoms with Gasteiger partial charge in [-0.3, -0.25) is 9.59 Å². The van der Waals surface area contributed by atoms with Crippen LogP contribution in [0.15, 0.2) is 24.3 Å². The minimum atomic E-state index is 0.0595. The fourth-order valence-corrected chi connectivity index (χ4v) is 4.47. The molecule has 0 radical (unpaired) electrons. The Kier molecular flexibility index (Phi) is 11.3. The van der Waals surface area contributed by atoms with Crippen molar-refractivity contribution in [3.63, 3.8) is 0 Å². The number of nitrogens with zero attached hydrogens (tertiary/aromatic N) is 4. The average molecular weight is 473 g/mol. The van der Waals surface area contributed by atoms with Crippen LogP contribution in [0.1, 0.15) is 24.0 Å². The molecule has 3 rings (SSSR count). The lowest BCUT2D eigenvalue weighted by atomic mass is 10.1. The third kappa shape index (κ3) is 10.1. The van der Waals surface area contributed by atoms with E-state index in [0.29, 0.717) is 12.8 Å². The zero-order valence-corrected chi connectivity index (χ0v) is 21.2. The number of rotatable bonds is 12. The standard InChI is InChI=1S/C26H44N6O2/c1-29-13-17-31(18-14-29)11-3-9-27-25(33)21-23-5-7-24(8-6-23)22-26(34)28-10-4-12-32-19-15-30(2)16-20-32/h5-8H,3-4,9-22H2,1-2H3,(H,27,33)(H,28,34). The molecule has 0 atom stereocenters. The van der Waals surface area contributed by atoms with Crippen LogP contribution in [0, 0.1) is 0 Å². The number of amides is 2. The fourth-order valence-electron chi connectivity index (χ4n) is 4.47. The lowest BCUT2D eigenvalue weighted by Gasteiger charge is -2.32. The number of hydrogen-bond acceptors (Lipinski definition) is 6. The highest BCUT2D eigenvalue weighted by molar-refractivity contribution is 5.79. The van der Waals surface area contributed by atoms with E-state index in [1.165, 1.54) is 0 Å². The molecule has 0 aliphatic carbocycles. The van der Waals surface area contributed by atoms with Crippen molar-refractivity contribution in [1.82, 2.24) is 30.2 Å². The summed E-state index contributed by atoms with van der Waals surface area (Å²) in [5.74, 6) is 0.119. The van der Waals surface area contributed by atoms with Crippen LogP contribution in [0.4, 0.5) is 0 Å². The molecular weight excluding hydrogens is 428 g/mol. The van der Waals surface area contributed by atoms with Crippen molar-refractivity contribution < 1.29 is 9.59 Å². The summed E-state index contributed by atoms with van der Waals surface area (Å²) in [7, 11) is 4.33. The Bertz CT molecular complexity index is 677. The molecule has 1 aromatic carbocycles. The SMILES string of the molecule is CN1CCN(CCCNC(=O)Cc2ccc(CC(=O)NCCCN3CCN(C)CC3)cc2)CC1. The number of hydrogen-bond donors (Lipinski definition) is 2. The van der Waals surface area contributed by atoms with Crippen molar-refractivity contribution in [2.45, 2.75) is 25.7 Å². The maximum atomic E-state index is 12.2. The molecule has 2 heterocycles. The number of piperazine rings is 2. The Morgan fingerprint density at radius 3 is 1.35 bits per heavy atom. The zero-order chi connectivity index (χ0) is 24.2. The maximum Gasteiger partial charge on any atom is 0.224 e. The molecule has 0 aromatic heterocycles. The maximum absolute atomic E-state index is 12.2. The van der Waals surface area contributed by atoms with Crippen molar-refractivity contribution >= 4 is 11.8 Å². The summed E-state index contributed by atoms with van der Waals surface area (Å²) in [6.07, 6.45) is 2.73. The molecule has 0 spiro atoms. The van der Waals surface area contributed by atoms with Gasteiger partial charge >= 0.3 is 0 Å². The van der Waals surface area contributed by atoms with Crippen molar-refractivity contribution in [2.24, 2.45) is 0 Å². The van der Waals surface area contributed by atoms with E-state index in [2.05, 4.69) is 44.3 Å². The minimum absolute atomic E-state index is 0.0595. The highest BCUT2D eigenvalue weighted by Crippen LogP contribution is 2.07. The number of carbonyl (C=O) groups is 2. The highest BCUT2D eigenvalue weighted by Gasteiger charge is 2.14. The lowest BCUT2D eigenvalue weighted by molar-refractivity contribution is -0.121. The molecule has 34 heavy (non-hydrogen) atoms. The van der Waals surface area contributed by atoms with Gasteiger partial charge in [-0.15, -0.1) is 0 Å². The monoisotopic (exact) mass is 472 g/mol. The second-order valence-electron chi connectivity index (χ2n) is 9.87. The van der Waals surface area contributed by atoms with Crippen LogP contribution in [0.5, 0.6) is 0 Å². The topological polar surface area (TPSA) is 71.2 Å². The molecule has 190 valence electrons. The molecule has 0 unspecified atom stereocenters. The van der Waals surface area contributed by atoms with E-state index in [1.807, 2.05) is 24.3 Å². The Hall–Kier alpha value is -2.00. The van der Waals surface area contributed by atoms with E-state index in [4.69, 9.17) is 0 Å². The number of benzene rings is 1. The van der Waals surface area contributed by atoms with Crippen LogP contribution < -0.4 is 10.6 Å². The van der Waals surface area contributed by atoms with Crippen molar-refractivity contribution in [3.8, 4) is 0 Å². The molecule has 0 saturated carbocycles. The second kappa shape index (κ2) is 14.4. The predicted octanol–water partition coefficient (Wildman–Crippen LogP) is 0.279. The van der Waals surface area contributed by atoms with Gasteiger partial charge < -0.3 is 30.2 Å². The van der Waals surface area contributed by atoms with E-state index >= 15 is 0 Å². The molecule has 0 bridgehead atoms. The van der Waals surface area contributed by atoms with E-state index < -0.39 is 0 Å². The van der Waals surface area contributed by atoms with Gasteiger partial charge in [0.05, 0.1) is 12.8 Å². The van der Waals surface area contributed by atoms with E-state index in [-0.39, 0.29) is 11.8 Å². The molecule has 2 aliphatic heterocycles. The molecule has 1 aromatic rings. The summed E-state index contributed by atoms with van der Waals surface area (Å²) in [5, 5.41) is 6.07. The smallest absolute Gasteiger partial charge is 0.224 e. The van der Waals surface area contributed by atoms with Crippen molar-refractivity contribution in [3.05, 3.63) is 35.4 Å². The Balaban J connectivity index is 1.24. The van der Waals surface area contributed by atoms with E-state index in [9.17, 15) is 9.59 Å². The third-order valence-corrected chi connectivity index (χ3v) is 6.89. The summed E-state index contributed by atoms with van der Waals surface area (Å²) in [6.45, 7) is 12.5. The number of carbonyl (C=O) groups excluding carboxylic acids is 2. The molecular formula is C26H44N6O2. The molecule has 2 aliphatic rings. The zero-order valence-electron chi connectivity index (χ0n) is 21.2. The van der Waals surface area contributed by atoms with Crippen molar-refractivity contribution in [2.75, 3.05) is 92.6 Å². The van der Waals surface area contributed by atoms with Gasteiger partial charge in [0.25, 0.3) is 0 Å². The summed E-state index contributed by atoms with van der Waals surface area (Å²) in [4.78, 5) is 34.1. The summed E-state index contributed by atoms with van der Waals surface area (Å²) >= 11 is 0. The largest absolute Gasteiger partial charge is 0.356 e. The van der Waals surface area contributed by atoms with Gasteiger partial charge in [0.2, 0.25) is 11.8 Å².